The molecular weight excluding hydrogens is 354 g/mol. The Kier molecular flexibility index (Phi) is 3.99. The topological polar surface area (TPSA) is 58.4 Å². The third kappa shape index (κ3) is 2.49. The van der Waals surface area contributed by atoms with Gasteiger partial charge >= 0.3 is 0 Å². The van der Waals surface area contributed by atoms with Gasteiger partial charge < -0.3 is 0 Å². The molecule has 0 spiro atoms. The van der Waals surface area contributed by atoms with Gasteiger partial charge in [-0.3, -0.25) is 5.01 Å². The first kappa shape index (κ1) is 15.6. The number of anilines is 1. The van der Waals surface area contributed by atoms with E-state index in [2.05, 4.69) is 20.5 Å². The third-order valence-electron chi connectivity index (χ3n) is 3.94. The molecule has 0 bridgehead atoms. The second-order valence-corrected chi connectivity index (χ2v) is 6.20. The Labute approximate surface area is 147 Å². The zero-order valence-corrected chi connectivity index (χ0v) is 14.0. The van der Waals surface area contributed by atoms with Crippen LogP contribution in [0.3, 0.4) is 0 Å². The van der Waals surface area contributed by atoms with Crippen molar-refractivity contribution < 1.29 is 4.39 Å². The second kappa shape index (κ2) is 6.16. The van der Waals surface area contributed by atoms with Crippen molar-refractivity contribution >= 4 is 34.8 Å². The molecule has 0 atom stereocenters. The first-order valence-electron chi connectivity index (χ1n) is 7.51. The van der Waals surface area contributed by atoms with Crippen molar-refractivity contribution in [2.75, 3.05) is 18.1 Å². The largest absolute Gasteiger partial charge is 0.291 e. The molecule has 3 aromatic rings. The lowest BCUT2D eigenvalue weighted by Gasteiger charge is -2.31. The minimum absolute atomic E-state index is 0.130. The highest BCUT2D eigenvalue weighted by molar-refractivity contribution is 6.36. The fraction of sp³-hybridized carbons (Fsp3) is 0.267. The summed E-state index contributed by atoms with van der Waals surface area (Å²) in [7, 11) is 0. The molecule has 0 amide bonds. The van der Waals surface area contributed by atoms with Gasteiger partial charge in [0.1, 0.15) is 17.3 Å². The van der Waals surface area contributed by atoms with Crippen molar-refractivity contribution in [3.63, 3.8) is 0 Å². The summed E-state index contributed by atoms with van der Waals surface area (Å²) in [5, 5.41) is 6.51. The van der Waals surface area contributed by atoms with Crippen LogP contribution < -0.4 is 10.4 Å². The summed E-state index contributed by atoms with van der Waals surface area (Å²) in [6.07, 6.45) is 3.44. The van der Waals surface area contributed by atoms with Crippen LogP contribution >= 0.6 is 23.2 Å². The molecular formula is C15H13Cl2FN6. The Bertz CT molecular complexity index is 886. The van der Waals surface area contributed by atoms with Crippen molar-refractivity contribution in [1.82, 2.24) is 25.0 Å². The fourth-order valence-electron chi connectivity index (χ4n) is 2.87. The number of nitrogens with one attached hydrogen (secondary N) is 1. The van der Waals surface area contributed by atoms with Crippen molar-refractivity contribution in [1.29, 1.82) is 0 Å². The molecule has 9 heteroatoms. The van der Waals surface area contributed by atoms with E-state index in [0.29, 0.717) is 17.2 Å². The normalized spacial score (nSPS) is 15.2. The van der Waals surface area contributed by atoms with Crippen molar-refractivity contribution in [3.8, 4) is 11.1 Å². The Morgan fingerprint density at radius 1 is 1.17 bits per heavy atom. The summed E-state index contributed by atoms with van der Waals surface area (Å²) in [4.78, 5) is 8.31. The van der Waals surface area contributed by atoms with Crippen molar-refractivity contribution in [3.05, 3.63) is 40.5 Å². The summed E-state index contributed by atoms with van der Waals surface area (Å²) in [5.41, 5.74) is 3.89. The van der Waals surface area contributed by atoms with Gasteiger partial charge in [-0.2, -0.15) is 19.6 Å². The molecule has 1 saturated heterocycles. The Morgan fingerprint density at radius 3 is 2.79 bits per heavy atom. The highest BCUT2D eigenvalue weighted by atomic mass is 35.5. The molecule has 1 aliphatic rings. The van der Waals surface area contributed by atoms with Crippen LogP contribution in [-0.2, 0) is 0 Å². The molecule has 1 N–H and O–H groups in total. The quantitative estimate of drug-likeness (QED) is 0.704. The van der Waals surface area contributed by atoms with E-state index in [1.165, 1.54) is 12.4 Å². The highest BCUT2D eigenvalue weighted by Crippen LogP contribution is 2.41. The van der Waals surface area contributed by atoms with Crippen molar-refractivity contribution in [2.24, 2.45) is 0 Å². The first-order chi connectivity index (χ1) is 11.7. The van der Waals surface area contributed by atoms with E-state index < -0.39 is 5.82 Å². The molecule has 0 aliphatic carbocycles. The van der Waals surface area contributed by atoms with Gasteiger partial charge in [0, 0.05) is 18.7 Å². The van der Waals surface area contributed by atoms with Gasteiger partial charge in [0.25, 0.3) is 5.78 Å². The van der Waals surface area contributed by atoms with Gasteiger partial charge in [0.05, 0.1) is 10.6 Å². The molecule has 1 fully saturated rings. The molecule has 1 aromatic carbocycles. The van der Waals surface area contributed by atoms with Crippen LogP contribution in [0.5, 0.6) is 0 Å². The van der Waals surface area contributed by atoms with Crippen LogP contribution in [0, 0.1) is 5.82 Å². The highest BCUT2D eigenvalue weighted by Gasteiger charge is 2.26. The zero-order chi connectivity index (χ0) is 16.7. The lowest BCUT2D eigenvalue weighted by molar-refractivity contribution is 0.503. The van der Waals surface area contributed by atoms with E-state index in [0.717, 1.165) is 25.9 Å². The number of rotatable bonds is 2. The average molecular weight is 367 g/mol. The SMILES string of the molecule is Fc1cccc(Cl)c1-c1c(Cl)nc2ncnn2c1N1CCCCN1. The smallest absolute Gasteiger partial charge is 0.255 e. The summed E-state index contributed by atoms with van der Waals surface area (Å²) in [6.45, 7) is 1.54. The number of fused-ring (bicyclic) bond motifs is 1. The zero-order valence-electron chi connectivity index (χ0n) is 12.5. The van der Waals surface area contributed by atoms with Gasteiger partial charge in [-0.05, 0) is 25.0 Å². The summed E-state index contributed by atoms with van der Waals surface area (Å²) in [5.74, 6) is 0.455. The average Bonchev–Trinajstić information content (AvgIpc) is 3.03. The number of nitrogens with zero attached hydrogens (tertiary/aromatic N) is 5. The van der Waals surface area contributed by atoms with Gasteiger partial charge in [-0.15, -0.1) is 0 Å². The van der Waals surface area contributed by atoms with E-state index >= 15 is 0 Å². The Hall–Kier alpha value is -1.96. The molecule has 4 rings (SSSR count). The number of benzene rings is 1. The molecule has 0 unspecified atom stereocenters. The molecule has 3 heterocycles. The van der Waals surface area contributed by atoms with E-state index in [1.54, 1.807) is 16.6 Å². The van der Waals surface area contributed by atoms with Gasteiger partial charge in [0.2, 0.25) is 0 Å². The summed E-state index contributed by atoms with van der Waals surface area (Å²) < 4.78 is 16.1. The van der Waals surface area contributed by atoms with Crippen LogP contribution in [-0.4, -0.2) is 32.7 Å². The minimum atomic E-state index is -0.469. The lowest BCUT2D eigenvalue weighted by atomic mass is 10.1. The first-order valence-corrected chi connectivity index (χ1v) is 8.27. The maximum Gasteiger partial charge on any atom is 0.255 e. The summed E-state index contributed by atoms with van der Waals surface area (Å²) >= 11 is 12.7. The van der Waals surface area contributed by atoms with E-state index in [1.807, 2.05) is 5.01 Å². The van der Waals surface area contributed by atoms with Crippen LogP contribution in [0.15, 0.2) is 24.5 Å². The molecule has 2 aromatic heterocycles. The number of hydrazine groups is 1. The predicted molar refractivity (Wildman–Crippen MR) is 90.8 cm³/mol. The van der Waals surface area contributed by atoms with Crippen LogP contribution in [0.4, 0.5) is 10.2 Å². The van der Waals surface area contributed by atoms with Crippen LogP contribution in [0.2, 0.25) is 10.2 Å². The van der Waals surface area contributed by atoms with E-state index in [9.17, 15) is 4.39 Å². The van der Waals surface area contributed by atoms with Gasteiger partial charge in [0.15, 0.2) is 5.82 Å². The Balaban J connectivity index is 2.05. The minimum Gasteiger partial charge on any atom is -0.291 e. The van der Waals surface area contributed by atoms with Crippen molar-refractivity contribution in [2.45, 2.75) is 12.8 Å². The third-order valence-corrected chi connectivity index (χ3v) is 4.53. The molecule has 1 aliphatic heterocycles. The number of aromatic nitrogens is 4. The second-order valence-electron chi connectivity index (χ2n) is 5.44. The Morgan fingerprint density at radius 2 is 2.04 bits per heavy atom. The molecule has 6 nitrogen and oxygen atoms in total. The standard InChI is InChI=1S/C15H13Cl2FN6/c16-9-4-3-5-10(18)11(9)12-13(17)22-15-19-8-21-24(15)14(12)23-7-2-1-6-20-23/h3-5,8,20H,1-2,6-7H2. The predicted octanol–water partition coefficient (Wildman–Crippen LogP) is 3.34. The molecule has 0 saturated carbocycles. The summed E-state index contributed by atoms with van der Waals surface area (Å²) in [6, 6.07) is 4.51. The number of hydrogen-bond donors (Lipinski definition) is 1. The van der Waals surface area contributed by atoms with Gasteiger partial charge in [-0.25, -0.2) is 9.82 Å². The maximum absolute atomic E-state index is 14.5. The maximum atomic E-state index is 14.5. The fourth-order valence-corrected chi connectivity index (χ4v) is 3.38. The lowest BCUT2D eigenvalue weighted by Crippen LogP contribution is -2.44. The van der Waals surface area contributed by atoms with Crippen LogP contribution in [0.25, 0.3) is 16.9 Å². The van der Waals surface area contributed by atoms with Gasteiger partial charge in [-0.1, -0.05) is 29.3 Å². The number of hydrogen-bond acceptors (Lipinski definition) is 5. The van der Waals surface area contributed by atoms with Crippen LogP contribution in [0.1, 0.15) is 12.8 Å². The van der Waals surface area contributed by atoms with E-state index in [4.69, 9.17) is 23.2 Å². The number of halogens is 3. The van der Waals surface area contributed by atoms with E-state index in [-0.39, 0.29) is 15.7 Å². The monoisotopic (exact) mass is 366 g/mol. The molecule has 24 heavy (non-hydrogen) atoms. The molecule has 0 radical (unpaired) electrons. The molecule has 124 valence electrons.